The normalized spacial score (nSPS) is 9.92. The van der Waals surface area contributed by atoms with Crippen molar-refractivity contribution in [2.45, 2.75) is 0 Å². The van der Waals surface area contributed by atoms with E-state index in [1.807, 2.05) is 0 Å². The SMILES string of the molecule is CNC(=O)c1ccc(NC(=O)c2ccc(OC)c(OC)c2OC)cc1. The number of anilines is 1. The average Bonchev–Trinajstić information content (AvgIpc) is 2.66. The molecule has 132 valence electrons. The number of hydrogen-bond acceptors (Lipinski definition) is 5. The average molecular weight is 344 g/mol. The highest BCUT2D eigenvalue weighted by atomic mass is 16.5. The molecule has 0 bridgehead atoms. The van der Waals surface area contributed by atoms with Gasteiger partial charge < -0.3 is 24.8 Å². The minimum atomic E-state index is -0.370. The van der Waals surface area contributed by atoms with Gasteiger partial charge in [0.25, 0.3) is 11.8 Å². The summed E-state index contributed by atoms with van der Waals surface area (Å²) in [4.78, 5) is 24.1. The van der Waals surface area contributed by atoms with E-state index in [2.05, 4.69) is 10.6 Å². The van der Waals surface area contributed by atoms with Crippen LogP contribution in [0.4, 0.5) is 5.69 Å². The Labute approximate surface area is 145 Å². The van der Waals surface area contributed by atoms with Crippen LogP contribution in [0.3, 0.4) is 0 Å². The van der Waals surface area contributed by atoms with Crippen LogP contribution in [0.5, 0.6) is 17.2 Å². The third-order valence-corrected chi connectivity index (χ3v) is 3.58. The Balaban J connectivity index is 2.27. The maximum Gasteiger partial charge on any atom is 0.259 e. The van der Waals surface area contributed by atoms with Crippen molar-refractivity contribution in [3.63, 3.8) is 0 Å². The summed E-state index contributed by atoms with van der Waals surface area (Å²) in [7, 11) is 5.98. The molecule has 0 unspecified atom stereocenters. The van der Waals surface area contributed by atoms with E-state index < -0.39 is 0 Å². The predicted octanol–water partition coefficient (Wildman–Crippen LogP) is 2.32. The molecule has 0 aliphatic heterocycles. The highest BCUT2D eigenvalue weighted by molar-refractivity contribution is 6.07. The fourth-order valence-electron chi connectivity index (χ4n) is 2.33. The molecule has 0 heterocycles. The summed E-state index contributed by atoms with van der Waals surface area (Å²) in [5, 5.41) is 5.30. The minimum absolute atomic E-state index is 0.195. The fraction of sp³-hybridized carbons (Fsp3) is 0.222. The maximum atomic E-state index is 12.6. The van der Waals surface area contributed by atoms with Crippen LogP contribution in [0.1, 0.15) is 20.7 Å². The van der Waals surface area contributed by atoms with Crippen LogP contribution < -0.4 is 24.8 Å². The monoisotopic (exact) mass is 344 g/mol. The molecular weight excluding hydrogens is 324 g/mol. The van der Waals surface area contributed by atoms with E-state index >= 15 is 0 Å². The lowest BCUT2D eigenvalue weighted by molar-refractivity contribution is 0.0962. The lowest BCUT2D eigenvalue weighted by atomic mass is 10.1. The van der Waals surface area contributed by atoms with E-state index in [1.165, 1.54) is 21.3 Å². The van der Waals surface area contributed by atoms with Gasteiger partial charge in [-0.2, -0.15) is 0 Å². The molecule has 2 N–H and O–H groups in total. The first-order valence-electron chi connectivity index (χ1n) is 7.48. The van der Waals surface area contributed by atoms with Gasteiger partial charge in [0.2, 0.25) is 5.75 Å². The Kier molecular flexibility index (Phi) is 5.84. The Morgan fingerprint density at radius 3 is 1.96 bits per heavy atom. The van der Waals surface area contributed by atoms with Crippen LogP contribution in [0, 0.1) is 0 Å². The predicted molar refractivity (Wildman–Crippen MR) is 93.9 cm³/mol. The molecule has 0 aliphatic rings. The number of benzene rings is 2. The van der Waals surface area contributed by atoms with E-state index in [9.17, 15) is 9.59 Å². The van der Waals surface area contributed by atoms with Crippen molar-refractivity contribution in [1.29, 1.82) is 0 Å². The summed E-state index contributed by atoms with van der Waals surface area (Å²) in [6, 6.07) is 9.77. The van der Waals surface area contributed by atoms with Crippen molar-refractivity contribution < 1.29 is 23.8 Å². The zero-order valence-corrected chi connectivity index (χ0v) is 14.5. The van der Waals surface area contributed by atoms with Crippen molar-refractivity contribution in [2.24, 2.45) is 0 Å². The number of carbonyl (C=O) groups excluding carboxylic acids is 2. The molecule has 0 aliphatic carbocycles. The first-order chi connectivity index (χ1) is 12.0. The van der Waals surface area contributed by atoms with Gasteiger partial charge in [0.1, 0.15) is 0 Å². The van der Waals surface area contributed by atoms with Gasteiger partial charge in [-0.3, -0.25) is 9.59 Å². The Bertz CT molecular complexity index is 772. The molecule has 0 aromatic heterocycles. The van der Waals surface area contributed by atoms with E-state index in [0.717, 1.165) is 0 Å². The van der Waals surface area contributed by atoms with Crippen molar-refractivity contribution in [2.75, 3.05) is 33.7 Å². The van der Waals surface area contributed by atoms with Crippen LogP contribution in [0.2, 0.25) is 0 Å². The molecule has 0 radical (unpaired) electrons. The lowest BCUT2D eigenvalue weighted by Gasteiger charge is -2.15. The van der Waals surface area contributed by atoms with Gasteiger partial charge >= 0.3 is 0 Å². The van der Waals surface area contributed by atoms with Crippen molar-refractivity contribution >= 4 is 17.5 Å². The molecular formula is C18H20N2O5. The van der Waals surface area contributed by atoms with Crippen LogP contribution in [0.25, 0.3) is 0 Å². The van der Waals surface area contributed by atoms with Gasteiger partial charge in [-0.1, -0.05) is 0 Å². The number of rotatable bonds is 6. The molecule has 2 rings (SSSR count). The van der Waals surface area contributed by atoms with Gasteiger partial charge in [0, 0.05) is 18.3 Å². The molecule has 7 heteroatoms. The number of nitrogens with one attached hydrogen (secondary N) is 2. The Hall–Kier alpha value is -3.22. The van der Waals surface area contributed by atoms with Crippen molar-refractivity contribution in [1.82, 2.24) is 5.32 Å². The number of ether oxygens (including phenoxy) is 3. The van der Waals surface area contributed by atoms with Crippen molar-refractivity contribution in [3.8, 4) is 17.2 Å². The largest absolute Gasteiger partial charge is 0.493 e. The number of amides is 2. The number of carbonyl (C=O) groups is 2. The molecule has 7 nitrogen and oxygen atoms in total. The zero-order valence-electron chi connectivity index (χ0n) is 14.5. The van der Waals surface area contributed by atoms with Crippen LogP contribution in [0.15, 0.2) is 36.4 Å². The quantitative estimate of drug-likeness (QED) is 0.840. The summed E-state index contributed by atoms with van der Waals surface area (Å²) in [5.74, 6) is 0.518. The van der Waals surface area contributed by atoms with Gasteiger partial charge in [0.05, 0.1) is 26.9 Å². The molecule has 0 fully saturated rings. The van der Waals surface area contributed by atoms with Crippen molar-refractivity contribution in [3.05, 3.63) is 47.5 Å². The van der Waals surface area contributed by atoms with Gasteiger partial charge in [-0.15, -0.1) is 0 Å². The second-order valence-electron chi connectivity index (χ2n) is 4.99. The number of methoxy groups -OCH3 is 3. The van der Waals surface area contributed by atoms with E-state index in [-0.39, 0.29) is 17.6 Å². The third kappa shape index (κ3) is 3.82. The highest BCUT2D eigenvalue weighted by Crippen LogP contribution is 2.39. The van der Waals surface area contributed by atoms with Gasteiger partial charge in [0.15, 0.2) is 11.5 Å². The van der Waals surface area contributed by atoms with Gasteiger partial charge in [-0.05, 0) is 36.4 Å². The first-order valence-corrected chi connectivity index (χ1v) is 7.48. The maximum absolute atomic E-state index is 12.6. The Morgan fingerprint density at radius 1 is 0.800 bits per heavy atom. The van der Waals surface area contributed by atoms with Crippen LogP contribution in [-0.2, 0) is 0 Å². The molecule has 0 saturated carbocycles. The van der Waals surface area contributed by atoms with E-state index in [0.29, 0.717) is 28.3 Å². The second kappa shape index (κ2) is 8.05. The van der Waals surface area contributed by atoms with E-state index in [1.54, 1.807) is 43.4 Å². The topological polar surface area (TPSA) is 85.9 Å². The standard InChI is InChI=1S/C18H20N2O5/c1-19-17(21)11-5-7-12(8-6-11)20-18(22)13-9-10-14(23-2)16(25-4)15(13)24-3/h5-10H,1-4H3,(H,19,21)(H,20,22). The molecule has 2 amide bonds. The van der Waals surface area contributed by atoms with E-state index in [4.69, 9.17) is 14.2 Å². The first kappa shape index (κ1) is 18.1. The summed E-state index contributed by atoms with van der Waals surface area (Å²) in [6.07, 6.45) is 0. The summed E-state index contributed by atoms with van der Waals surface area (Å²) >= 11 is 0. The summed E-state index contributed by atoms with van der Waals surface area (Å²) < 4.78 is 15.8. The second-order valence-corrected chi connectivity index (χ2v) is 4.99. The third-order valence-electron chi connectivity index (χ3n) is 3.58. The molecule has 25 heavy (non-hydrogen) atoms. The molecule has 2 aromatic carbocycles. The molecule has 0 atom stereocenters. The fourth-order valence-corrected chi connectivity index (χ4v) is 2.33. The summed E-state index contributed by atoms with van der Waals surface area (Å²) in [5.41, 5.74) is 1.36. The van der Waals surface area contributed by atoms with Gasteiger partial charge in [-0.25, -0.2) is 0 Å². The van der Waals surface area contributed by atoms with Crippen LogP contribution in [-0.4, -0.2) is 40.2 Å². The minimum Gasteiger partial charge on any atom is -0.493 e. The summed E-state index contributed by atoms with van der Waals surface area (Å²) in [6.45, 7) is 0. The molecule has 0 spiro atoms. The lowest BCUT2D eigenvalue weighted by Crippen LogP contribution is -2.18. The van der Waals surface area contributed by atoms with Crippen LogP contribution >= 0.6 is 0 Å². The zero-order chi connectivity index (χ0) is 18.4. The molecule has 0 saturated heterocycles. The smallest absolute Gasteiger partial charge is 0.259 e. The Morgan fingerprint density at radius 2 is 1.44 bits per heavy atom. The highest BCUT2D eigenvalue weighted by Gasteiger charge is 2.20. The molecule has 2 aromatic rings. The number of hydrogen-bond donors (Lipinski definition) is 2.